The van der Waals surface area contributed by atoms with Crippen molar-refractivity contribution in [3.63, 3.8) is 0 Å². The first-order chi connectivity index (χ1) is 18.8. The highest BCUT2D eigenvalue weighted by atomic mass is 79.9. The maximum atomic E-state index is 12.4. The van der Waals surface area contributed by atoms with E-state index in [0.717, 1.165) is 13.0 Å². The highest BCUT2D eigenvalue weighted by molar-refractivity contribution is 9.10. The fourth-order valence-corrected chi connectivity index (χ4v) is 5.66. The topological polar surface area (TPSA) is 212 Å². The number of fused-ring (bicyclic) bond motifs is 1. The summed E-state index contributed by atoms with van der Waals surface area (Å²) in [5.74, 6) is -6.55. The van der Waals surface area contributed by atoms with E-state index in [4.69, 9.17) is 21.1 Å². The number of benzene rings is 1. The predicted molar refractivity (Wildman–Crippen MR) is 146 cm³/mol. The van der Waals surface area contributed by atoms with Gasteiger partial charge in [0.05, 0.1) is 46.6 Å². The molecular formula is C26H37BrClN3O9. The molecule has 7 atom stereocenters. The number of hydrogen-bond acceptors (Lipinski definition) is 9. The van der Waals surface area contributed by atoms with Gasteiger partial charge in [-0.2, -0.15) is 0 Å². The van der Waals surface area contributed by atoms with E-state index in [1.807, 2.05) is 0 Å². The zero-order valence-corrected chi connectivity index (χ0v) is 24.7. The van der Waals surface area contributed by atoms with E-state index in [2.05, 4.69) is 32.0 Å². The average molecular weight is 651 g/mol. The van der Waals surface area contributed by atoms with Crippen LogP contribution < -0.4 is 20.9 Å². The molecule has 2 heterocycles. The van der Waals surface area contributed by atoms with E-state index < -0.39 is 60.6 Å². The van der Waals surface area contributed by atoms with Crippen molar-refractivity contribution < 1.29 is 50.3 Å². The Morgan fingerprint density at radius 3 is 2.50 bits per heavy atom. The van der Waals surface area contributed by atoms with Gasteiger partial charge in [0.25, 0.3) is 5.79 Å². The molecule has 224 valence electrons. The standard InChI is InChI=1S/C20H24BrClN2O9.C6H13N/c1-7-16(28)15(24-8(2)26)18(17(29)11(27)6-25)33-20(7,19(30)31)32-12-5-23-10-4-3-9(21)14(22)13(10)12;7-6-4-2-1-3-5-6/h3-5,7,11,15-18,23,25,27-29H,6H2,1-2H3,(H,24,26)(H,30,31);6H,1-5,7H2/t7-,11?,15+,16+,17?,18?,20+;/m0./s1. The van der Waals surface area contributed by atoms with Crippen LogP contribution in [0.1, 0.15) is 46.0 Å². The summed E-state index contributed by atoms with van der Waals surface area (Å²) >= 11 is 9.63. The zero-order valence-electron chi connectivity index (χ0n) is 22.3. The van der Waals surface area contributed by atoms with Gasteiger partial charge in [0.15, 0.2) is 5.75 Å². The first-order valence-corrected chi connectivity index (χ1v) is 14.3. The van der Waals surface area contributed by atoms with Crippen molar-refractivity contribution in [2.24, 2.45) is 5.92 Å². The number of aliphatic carboxylic acids is 1. The quantitative estimate of drug-likeness (QED) is 0.207. The summed E-state index contributed by atoms with van der Waals surface area (Å²) in [5.41, 5.74) is 4.51. The van der Waals surface area contributed by atoms with E-state index in [1.165, 1.54) is 45.2 Å². The van der Waals surface area contributed by atoms with Crippen molar-refractivity contribution in [2.45, 2.75) is 88.2 Å². The summed E-state index contributed by atoms with van der Waals surface area (Å²) < 4.78 is 11.9. The van der Waals surface area contributed by atoms with Crippen LogP contribution in [0.5, 0.6) is 5.75 Å². The molecule has 40 heavy (non-hydrogen) atoms. The predicted octanol–water partition coefficient (Wildman–Crippen LogP) is -0.416. The fraction of sp³-hybridized carbons (Fsp3) is 0.615. The lowest BCUT2D eigenvalue weighted by molar-refractivity contribution is -0.425. The molecule has 1 saturated heterocycles. The molecular weight excluding hydrogens is 614 g/mol. The summed E-state index contributed by atoms with van der Waals surface area (Å²) in [6, 6.07) is 2.78. The molecule has 0 spiro atoms. The molecule has 1 saturated carbocycles. The SMILES string of the molecule is CC(=O)N[C@H]1C(C(O)C(O)CO)O[C@@](Oc2c[nH]c3ccc(Br)c(Cl)c23)(C(=O)[O-])[C@@H](C)[C@H]1O.[NH3+]C1CCCCC1. The minimum absolute atomic E-state index is 0.0477. The number of carbonyl (C=O) groups is 2. The van der Waals surface area contributed by atoms with Crippen molar-refractivity contribution in [2.75, 3.05) is 6.61 Å². The molecule has 4 rings (SSSR count). The number of halogens is 2. The van der Waals surface area contributed by atoms with Gasteiger partial charge in [-0.25, -0.2) is 0 Å². The van der Waals surface area contributed by atoms with Crippen molar-refractivity contribution in [1.82, 2.24) is 10.3 Å². The molecule has 2 aliphatic rings. The molecule has 9 N–H and O–H groups in total. The Morgan fingerprint density at radius 2 is 1.98 bits per heavy atom. The first-order valence-electron chi connectivity index (χ1n) is 13.1. The Hall–Kier alpha value is -1.97. The number of carbonyl (C=O) groups excluding carboxylic acids is 2. The molecule has 1 aliphatic heterocycles. The Balaban J connectivity index is 0.000000547. The van der Waals surface area contributed by atoms with Crippen LogP contribution in [-0.2, 0) is 14.3 Å². The number of amides is 1. The van der Waals surface area contributed by atoms with Crippen LogP contribution in [0.15, 0.2) is 22.8 Å². The number of rotatable bonds is 7. The monoisotopic (exact) mass is 649 g/mol. The molecule has 2 fully saturated rings. The van der Waals surface area contributed by atoms with Crippen molar-refractivity contribution in [3.05, 3.63) is 27.8 Å². The lowest BCUT2D eigenvalue weighted by Gasteiger charge is -2.52. The van der Waals surface area contributed by atoms with Gasteiger partial charge in [0, 0.05) is 17.6 Å². The van der Waals surface area contributed by atoms with Gasteiger partial charge in [-0.3, -0.25) is 4.79 Å². The third-order valence-corrected chi connectivity index (χ3v) is 8.69. The third kappa shape index (κ3) is 6.90. The number of hydrogen-bond donors (Lipinski definition) is 7. The highest BCUT2D eigenvalue weighted by Crippen LogP contribution is 2.43. The van der Waals surface area contributed by atoms with Gasteiger partial charge in [0.1, 0.15) is 24.3 Å². The second-order valence-electron chi connectivity index (χ2n) is 10.3. The van der Waals surface area contributed by atoms with Gasteiger partial charge >= 0.3 is 0 Å². The minimum Gasteiger partial charge on any atom is -0.543 e. The second-order valence-corrected chi connectivity index (χ2v) is 11.6. The van der Waals surface area contributed by atoms with Gasteiger partial charge in [-0.1, -0.05) is 24.9 Å². The number of quaternary nitrogens is 1. The zero-order chi connectivity index (χ0) is 29.8. The molecule has 12 nitrogen and oxygen atoms in total. The van der Waals surface area contributed by atoms with Crippen molar-refractivity contribution in [1.29, 1.82) is 0 Å². The summed E-state index contributed by atoms with van der Waals surface area (Å²) in [6.45, 7) is 1.55. The van der Waals surface area contributed by atoms with Crippen LogP contribution >= 0.6 is 27.5 Å². The maximum Gasteiger partial charge on any atom is 0.257 e. The van der Waals surface area contributed by atoms with Crippen LogP contribution in [-0.4, -0.2) is 86.2 Å². The smallest absolute Gasteiger partial charge is 0.257 e. The van der Waals surface area contributed by atoms with E-state index >= 15 is 0 Å². The van der Waals surface area contributed by atoms with Crippen LogP contribution in [0.2, 0.25) is 5.02 Å². The number of ether oxygens (including phenoxy) is 2. The summed E-state index contributed by atoms with van der Waals surface area (Å²) in [5, 5.41) is 55.9. The van der Waals surface area contributed by atoms with E-state index in [9.17, 15) is 35.1 Å². The van der Waals surface area contributed by atoms with Crippen molar-refractivity contribution in [3.8, 4) is 5.75 Å². The fourth-order valence-electron chi connectivity index (χ4n) is 5.08. The van der Waals surface area contributed by atoms with Crippen LogP contribution in [0, 0.1) is 5.92 Å². The number of H-pyrrole nitrogens is 1. The number of nitrogens with one attached hydrogen (secondary N) is 2. The third-order valence-electron chi connectivity index (χ3n) is 7.40. The summed E-state index contributed by atoms with van der Waals surface area (Å²) in [4.78, 5) is 26.9. The number of carboxylic acids is 1. The van der Waals surface area contributed by atoms with E-state index in [-0.39, 0.29) is 10.8 Å². The Labute approximate surface area is 244 Å². The van der Waals surface area contributed by atoms with E-state index in [1.54, 1.807) is 12.1 Å². The van der Waals surface area contributed by atoms with Gasteiger partial charge < -0.3 is 55.8 Å². The molecule has 1 amide bonds. The first kappa shape index (κ1) is 32.5. The number of aliphatic hydroxyl groups is 4. The Bertz CT molecular complexity index is 1180. The summed E-state index contributed by atoms with van der Waals surface area (Å²) in [7, 11) is 0. The normalized spacial score (nSPS) is 28.7. The highest BCUT2D eigenvalue weighted by Gasteiger charge is 2.58. The summed E-state index contributed by atoms with van der Waals surface area (Å²) in [6.07, 6.45) is 1.38. The molecule has 0 radical (unpaired) electrons. The molecule has 2 aromatic rings. The molecule has 14 heteroatoms. The lowest BCUT2D eigenvalue weighted by Crippen LogP contribution is -2.74. The van der Waals surface area contributed by atoms with Crippen molar-refractivity contribution >= 4 is 50.3 Å². The Morgan fingerprint density at radius 1 is 1.32 bits per heavy atom. The molecule has 1 aromatic carbocycles. The molecule has 3 unspecified atom stereocenters. The van der Waals surface area contributed by atoms with Crippen LogP contribution in [0.3, 0.4) is 0 Å². The van der Waals surface area contributed by atoms with Crippen LogP contribution in [0.4, 0.5) is 0 Å². The van der Waals surface area contributed by atoms with Gasteiger partial charge in [-0.15, -0.1) is 0 Å². The Kier molecular flexibility index (Phi) is 11.2. The molecule has 1 aromatic heterocycles. The number of carboxylic acid groups (broad SMARTS) is 1. The van der Waals surface area contributed by atoms with Crippen LogP contribution in [0.25, 0.3) is 10.9 Å². The van der Waals surface area contributed by atoms with Gasteiger partial charge in [0.2, 0.25) is 5.91 Å². The minimum atomic E-state index is -2.67. The maximum absolute atomic E-state index is 12.4. The second kappa shape index (κ2) is 13.8. The number of aromatic nitrogens is 1. The van der Waals surface area contributed by atoms with E-state index in [0.29, 0.717) is 15.4 Å². The average Bonchev–Trinajstić information content (AvgIpc) is 3.33. The lowest BCUT2D eigenvalue weighted by atomic mass is 9.81. The van der Waals surface area contributed by atoms with Gasteiger partial charge in [-0.05, 0) is 53.7 Å². The number of aromatic amines is 1. The molecule has 0 bridgehead atoms. The molecule has 1 aliphatic carbocycles. The largest absolute Gasteiger partial charge is 0.543 e. The number of aliphatic hydroxyl groups excluding tert-OH is 4.